The molecule has 1 unspecified atom stereocenters. The molecule has 1 N–H and O–H groups in total. The number of rotatable bonds is 9. The van der Waals surface area contributed by atoms with E-state index in [1.165, 1.54) is 11.8 Å². The lowest BCUT2D eigenvalue weighted by molar-refractivity contribution is -0.136. The van der Waals surface area contributed by atoms with Crippen LogP contribution in [0.5, 0.6) is 0 Å². The van der Waals surface area contributed by atoms with Gasteiger partial charge in [0.1, 0.15) is 5.25 Å². The van der Waals surface area contributed by atoms with Gasteiger partial charge < -0.3 is 5.11 Å². The molecule has 0 fully saturated rings. The summed E-state index contributed by atoms with van der Waals surface area (Å²) >= 11 is 1.37. The second-order valence-electron chi connectivity index (χ2n) is 4.21. The molecule has 0 heterocycles. The highest BCUT2D eigenvalue weighted by molar-refractivity contribution is 8.00. The number of unbranched alkanes of at least 4 members (excludes halogenated alkanes) is 1. The predicted octanol–water partition coefficient (Wildman–Crippen LogP) is 3.65. The fourth-order valence-electron chi connectivity index (χ4n) is 1.29. The Hall–Kier alpha value is -0.320. The molecule has 16 heavy (non-hydrogen) atoms. The molecule has 96 valence electrons. The normalized spacial score (nSPS) is 13.4. The largest absolute Gasteiger partial charge is 0.480 e. The summed E-state index contributed by atoms with van der Waals surface area (Å²) < 4.78 is 23.6. The highest BCUT2D eigenvalue weighted by Crippen LogP contribution is 2.21. The summed E-state index contributed by atoms with van der Waals surface area (Å²) in [6.07, 6.45) is -0.552. The Morgan fingerprint density at radius 2 is 1.94 bits per heavy atom. The first kappa shape index (κ1) is 15.7. The van der Waals surface area contributed by atoms with Gasteiger partial charge in [0.05, 0.1) is 0 Å². The maximum Gasteiger partial charge on any atom is 0.316 e. The first-order chi connectivity index (χ1) is 7.43. The Morgan fingerprint density at radius 1 is 1.31 bits per heavy atom. The van der Waals surface area contributed by atoms with E-state index in [1.807, 2.05) is 13.8 Å². The monoisotopic (exact) mass is 254 g/mol. The van der Waals surface area contributed by atoms with Gasteiger partial charge in [-0.1, -0.05) is 13.8 Å². The summed E-state index contributed by atoms with van der Waals surface area (Å²) in [6, 6.07) is 0. The van der Waals surface area contributed by atoms with Gasteiger partial charge in [-0.05, 0) is 30.9 Å². The average molecular weight is 254 g/mol. The van der Waals surface area contributed by atoms with E-state index in [1.54, 1.807) is 0 Å². The van der Waals surface area contributed by atoms with Crippen LogP contribution in [0, 0.1) is 5.92 Å². The summed E-state index contributed by atoms with van der Waals surface area (Å²) in [5, 5.41) is 8.53. The predicted molar refractivity (Wildman–Crippen MR) is 63.2 cm³/mol. The molecule has 0 aliphatic rings. The third-order valence-electron chi connectivity index (χ3n) is 2.10. The standard InChI is InChI=1S/C11H20F2O2S/c1-8(2)7-9(11(14)15)16-6-4-3-5-10(12)13/h8-10H,3-7H2,1-2H3,(H,14,15). The molecule has 0 aromatic carbocycles. The quantitative estimate of drug-likeness (QED) is 0.638. The number of alkyl halides is 2. The van der Waals surface area contributed by atoms with E-state index in [2.05, 4.69) is 0 Å². The van der Waals surface area contributed by atoms with Gasteiger partial charge in [0.2, 0.25) is 6.43 Å². The van der Waals surface area contributed by atoms with Gasteiger partial charge in [-0.15, -0.1) is 11.8 Å². The number of hydrogen-bond donors (Lipinski definition) is 1. The van der Waals surface area contributed by atoms with E-state index in [0.29, 0.717) is 30.9 Å². The zero-order valence-electron chi connectivity index (χ0n) is 9.79. The lowest BCUT2D eigenvalue weighted by Gasteiger charge is -2.13. The van der Waals surface area contributed by atoms with Gasteiger partial charge in [-0.3, -0.25) is 4.79 Å². The molecule has 0 aliphatic heterocycles. The van der Waals surface area contributed by atoms with Crippen molar-refractivity contribution < 1.29 is 18.7 Å². The number of halogens is 2. The number of hydrogen-bond acceptors (Lipinski definition) is 2. The van der Waals surface area contributed by atoms with E-state index in [-0.39, 0.29) is 6.42 Å². The van der Waals surface area contributed by atoms with E-state index in [4.69, 9.17) is 5.11 Å². The van der Waals surface area contributed by atoms with Crippen molar-refractivity contribution in [3.8, 4) is 0 Å². The maximum absolute atomic E-state index is 11.8. The Labute approximate surface area is 99.8 Å². The molecule has 0 radical (unpaired) electrons. The van der Waals surface area contributed by atoms with E-state index < -0.39 is 17.6 Å². The van der Waals surface area contributed by atoms with Crippen LogP contribution < -0.4 is 0 Å². The van der Waals surface area contributed by atoms with Gasteiger partial charge in [0, 0.05) is 6.42 Å². The van der Waals surface area contributed by atoms with Crippen LogP contribution in [0.2, 0.25) is 0 Å². The van der Waals surface area contributed by atoms with Gasteiger partial charge in [-0.25, -0.2) is 8.78 Å². The van der Waals surface area contributed by atoms with Gasteiger partial charge in [0.25, 0.3) is 0 Å². The Balaban J connectivity index is 3.64. The van der Waals surface area contributed by atoms with Crippen molar-refractivity contribution in [3.05, 3.63) is 0 Å². The Kier molecular flexibility index (Phi) is 8.61. The van der Waals surface area contributed by atoms with Crippen LogP contribution in [0.1, 0.15) is 39.5 Å². The van der Waals surface area contributed by atoms with Crippen LogP contribution in [-0.4, -0.2) is 28.5 Å². The molecule has 0 spiro atoms. The topological polar surface area (TPSA) is 37.3 Å². The van der Waals surface area contributed by atoms with Crippen LogP contribution >= 0.6 is 11.8 Å². The summed E-state index contributed by atoms with van der Waals surface area (Å²) in [5.74, 6) is 0.193. The molecular weight excluding hydrogens is 234 g/mol. The molecule has 0 rings (SSSR count). The average Bonchev–Trinajstić information content (AvgIpc) is 2.14. The minimum Gasteiger partial charge on any atom is -0.480 e. The number of carboxylic acid groups (broad SMARTS) is 1. The highest BCUT2D eigenvalue weighted by Gasteiger charge is 2.18. The first-order valence-corrected chi connectivity index (χ1v) is 6.61. The van der Waals surface area contributed by atoms with Crippen molar-refractivity contribution >= 4 is 17.7 Å². The second kappa shape index (κ2) is 8.79. The van der Waals surface area contributed by atoms with Crippen LogP contribution in [0.4, 0.5) is 8.78 Å². The number of carboxylic acids is 1. The second-order valence-corrected chi connectivity index (χ2v) is 5.52. The molecule has 5 heteroatoms. The third kappa shape index (κ3) is 8.95. The van der Waals surface area contributed by atoms with Crippen LogP contribution in [0.3, 0.4) is 0 Å². The van der Waals surface area contributed by atoms with Crippen molar-refractivity contribution in [3.63, 3.8) is 0 Å². The molecule has 0 bridgehead atoms. The SMILES string of the molecule is CC(C)CC(SCCCCC(F)F)C(=O)O. The minimum atomic E-state index is -2.24. The van der Waals surface area contributed by atoms with E-state index in [0.717, 1.165) is 0 Å². The Bertz CT molecular complexity index is 198. The van der Waals surface area contributed by atoms with E-state index >= 15 is 0 Å². The number of thioether (sulfide) groups is 1. The Morgan fingerprint density at radius 3 is 2.38 bits per heavy atom. The van der Waals surface area contributed by atoms with Crippen LogP contribution in [0.25, 0.3) is 0 Å². The summed E-state index contributed by atoms with van der Waals surface area (Å²) in [7, 11) is 0. The summed E-state index contributed by atoms with van der Waals surface area (Å²) in [4.78, 5) is 10.9. The van der Waals surface area contributed by atoms with E-state index in [9.17, 15) is 13.6 Å². The number of aliphatic carboxylic acids is 1. The molecule has 0 aliphatic carbocycles. The van der Waals surface area contributed by atoms with Crippen molar-refractivity contribution in [2.24, 2.45) is 5.92 Å². The number of carbonyl (C=O) groups is 1. The summed E-state index contributed by atoms with van der Waals surface area (Å²) in [6.45, 7) is 3.96. The van der Waals surface area contributed by atoms with Crippen LogP contribution in [0.15, 0.2) is 0 Å². The fraction of sp³-hybridized carbons (Fsp3) is 0.909. The van der Waals surface area contributed by atoms with Gasteiger partial charge in [-0.2, -0.15) is 0 Å². The summed E-state index contributed by atoms with van der Waals surface area (Å²) in [5.41, 5.74) is 0. The highest BCUT2D eigenvalue weighted by atomic mass is 32.2. The lowest BCUT2D eigenvalue weighted by Crippen LogP contribution is -2.19. The van der Waals surface area contributed by atoms with Gasteiger partial charge in [0.15, 0.2) is 0 Å². The smallest absolute Gasteiger partial charge is 0.316 e. The minimum absolute atomic E-state index is 0.0809. The van der Waals surface area contributed by atoms with Crippen molar-refractivity contribution in [1.82, 2.24) is 0 Å². The molecule has 2 nitrogen and oxygen atoms in total. The lowest BCUT2D eigenvalue weighted by atomic mass is 10.1. The van der Waals surface area contributed by atoms with Crippen molar-refractivity contribution in [1.29, 1.82) is 0 Å². The van der Waals surface area contributed by atoms with Crippen molar-refractivity contribution in [2.75, 3.05) is 5.75 Å². The molecular formula is C11H20F2O2S. The van der Waals surface area contributed by atoms with Gasteiger partial charge >= 0.3 is 5.97 Å². The molecule has 0 amide bonds. The molecule has 0 aromatic rings. The fourth-order valence-corrected chi connectivity index (χ4v) is 2.61. The molecule has 0 saturated carbocycles. The molecule has 0 saturated heterocycles. The molecule has 1 atom stereocenters. The maximum atomic E-state index is 11.8. The molecule has 0 aromatic heterocycles. The zero-order chi connectivity index (χ0) is 12.6. The van der Waals surface area contributed by atoms with Crippen molar-refractivity contribution in [2.45, 2.75) is 51.2 Å². The third-order valence-corrected chi connectivity index (χ3v) is 3.42. The van der Waals surface area contributed by atoms with Crippen LogP contribution in [-0.2, 0) is 4.79 Å². The zero-order valence-corrected chi connectivity index (χ0v) is 10.6. The first-order valence-electron chi connectivity index (χ1n) is 5.56.